The van der Waals surface area contributed by atoms with Gasteiger partial charge in [0.2, 0.25) is 10.0 Å². The van der Waals surface area contributed by atoms with Gasteiger partial charge in [-0.1, -0.05) is 29.3 Å². The number of rotatable bonds is 3. The van der Waals surface area contributed by atoms with Crippen LogP contribution in [0.5, 0.6) is 0 Å². The van der Waals surface area contributed by atoms with E-state index in [9.17, 15) is 8.42 Å². The highest BCUT2D eigenvalue weighted by Gasteiger charge is 2.44. The quantitative estimate of drug-likeness (QED) is 0.912. The molecule has 2 N–H and O–H groups in total. The Hall–Kier alpha value is -0.330. The predicted molar refractivity (Wildman–Crippen MR) is 84.8 cm³/mol. The molecule has 1 aromatic carbocycles. The van der Waals surface area contributed by atoms with Crippen LogP contribution in [0.15, 0.2) is 18.2 Å². The van der Waals surface area contributed by atoms with E-state index in [1.54, 1.807) is 22.5 Å². The third-order valence-electron chi connectivity index (χ3n) is 4.61. The van der Waals surface area contributed by atoms with Gasteiger partial charge in [0.25, 0.3) is 0 Å². The molecular formula is C14H18Cl2N2O2S. The summed E-state index contributed by atoms with van der Waals surface area (Å²) in [6.07, 6.45) is 2.04. The minimum atomic E-state index is -3.33. The van der Waals surface area contributed by atoms with Crippen molar-refractivity contribution in [1.82, 2.24) is 4.31 Å². The summed E-state index contributed by atoms with van der Waals surface area (Å²) in [5.74, 6) is 0.690. The molecule has 1 aliphatic carbocycles. The zero-order valence-electron chi connectivity index (χ0n) is 11.5. The Labute approximate surface area is 135 Å². The Kier molecular flexibility index (Phi) is 4.23. The number of fused-ring (bicyclic) bond motifs is 1. The third-order valence-corrected chi connectivity index (χ3v) is 7.13. The third kappa shape index (κ3) is 3.08. The van der Waals surface area contributed by atoms with Crippen molar-refractivity contribution >= 4 is 33.2 Å². The fourth-order valence-corrected chi connectivity index (χ4v) is 5.35. The zero-order chi connectivity index (χ0) is 15.2. The van der Waals surface area contributed by atoms with Crippen LogP contribution in [-0.2, 0) is 15.8 Å². The lowest BCUT2D eigenvalue weighted by Gasteiger charge is -2.18. The summed E-state index contributed by atoms with van der Waals surface area (Å²) >= 11 is 11.8. The van der Waals surface area contributed by atoms with Crippen LogP contribution < -0.4 is 5.73 Å². The molecule has 1 saturated heterocycles. The average molecular weight is 349 g/mol. The second-order valence-corrected chi connectivity index (χ2v) is 8.77. The van der Waals surface area contributed by atoms with E-state index in [1.165, 1.54) is 0 Å². The standard InChI is InChI=1S/C14H18Cl2N2O2S/c15-12-3-1-9(5-13(12)16)8-21(19,20)18-6-10-2-4-14(17)11(10)7-18/h1,3,5,10-11,14H,2,4,6-8,17H2. The molecule has 0 radical (unpaired) electrons. The zero-order valence-corrected chi connectivity index (χ0v) is 13.8. The van der Waals surface area contributed by atoms with E-state index >= 15 is 0 Å². The lowest BCUT2D eigenvalue weighted by atomic mass is 9.98. The number of sulfonamides is 1. The molecule has 3 unspecified atom stereocenters. The highest BCUT2D eigenvalue weighted by Crippen LogP contribution is 2.38. The van der Waals surface area contributed by atoms with Gasteiger partial charge in [-0.2, -0.15) is 0 Å². The van der Waals surface area contributed by atoms with Crippen LogP contribution in [-0.4, -0.2) is 31.9 Å². The lowest BCUT2D eigenvalue weighted by molar-refractivity contribution is 0.426. The van der Waals surface area contributed by atoms with Gasteiger partial charge >= 0.3 is 0 Å². The monoisotopic (exact) mass is 348 g/mol. The topological polar surface area (TPSA) is 63.4 Å². The molecule has 3 atom stereocenters. The fourth-order valence-electron chi connectivity index (χ4n) is 3.43. The summed E-state index contributed by atoms with van der Waals surface area (Å²) in [6, 6.07) is 5.09. The Morgan fingerprint density at radius 1 is 1.19 bits per heavy atom. The van der Waals surface area contributed by atoms with Crippen LogP contribution in [0, 0.1) is 11.8 Å². The van der Waals surface area contributed by atoms with Crippen molar-refractivity contribution in [3.63, 3.8) is 0 Å². The fraction of sp³-hybridized carbons (Fsp3) is 0.571. The molecule has 1 heterocycles. The van der Waals surface area contributed by atoms with E-state index in [-0.39, 0.29) is 11.8 Å². The summed E-state index contributed by atoms with van der Waals surface area (Å²) in [4.78, 5) is 0. The van der Waals surface area contributed by atoms with Gasteiger partial charge in [-0.3, -0.25) is 0 Å². The van der Waals surface area contributed by atoms with Crippen molar-refractivity contribution in [3.8, 4) is 0 Å². The number of halogens is 2. The summed E-state index contributed by atoms with van der Waals surface area (Å²) < 4.78 is 26.7. The first-order chi connectivity index (χ1) is 9.87. The van der Waals surface area contributed by atoms with Gasteiger partial charge in [0.15, 0.2) is 0 Å². The molecule has 2 aliphatic rings. The maximum absolute atomic E-state index is 12.5. The van der Waals surface area contributed by atoms with Gasteiger partial charge in [0.05, 0.1) is 15.8 Å². The van der Waals surface area contributed by atoms with Crippen molar-refractivity contribution in [1.29, 1.82) is 0 Å². The van der Waals surface area contributed by atoms with Gasteiger partial charge in [-0.15, -0.1) is 0 Å². The van der Waals surface area contributed by atoms with Gasteiger partial charge in [-0.05, 0) is 42.4 Å². The van der Waals surface area contributed by atoms with E-state index in [1.807, 2.05) is 0 Å². The predicted octanol–water partition coefficient (Wildman–Crippen LogP) is 2.49. The average Bonchev–Trinajstić information content (AvgIpc) is 2.97. The molecule has 1 aromatic rings. The lowest BCUT2D eigenvalue weighted by Crippen LogP contribution is -2.34. The van der Waals surface area contributed by atoms with Gasteiger partial charge < -0.3 is 5.73 Å². The summed E-state index contributed by atoms with van der Waals surface area (Å²) in [6.45, 7) is 1.15. The van der Waals surface area contributed by atoms with Crippen molar-refractivity contribution in [2.45, 2.75) is 24.6 Å². The number of benzene rings is 1. The van der Waals surface area contributed by atoms with Crippen LogP contribution in [0.3, 0.4) is 0 Å². The van der Waals surface area contributed by atoms with E-state index in [2.05, 4.69) is 0 Å². The van der Waals surface area contributed by atoms with Crippen LogP contribution >= 0.6 is 23.2 Å². The number of hydrogen-bond donors (Lipinski definition) is 1. The molecular weight excluding hydrogens is 331 g/mol. The largest absolute Gasteiger partial charge is 0.327 e. The van der Waals surface area contributed by atoms with Crippen LogP contribution in [0.25, 0.3) is 0 Å². The Morgan fingerprint density at radius 3 is 2.62 bits per heavy atom. The summed E-state index contributed by atoms with van der Waals surface area (Å²) in [5, 5.41) is 0.809. The van der Waals surface area contributed by atoms with E-state index < -0.39 is 10.0 Å². The van der Waals surface area contributed by atoms with E-state index in [0.717, 1.165) is 12.8 Å². The van der Waals surface area contributed by atoms with Gasteiger partial charge in [0.1, 0.15) is 0 Å². The maximum atomic E-state index is 12.5. The molecule has 0 bridgehead atoms. The minimum absolute atomic E-state index is 0.0431. The molecule has 3 rings (SSSR count). The number of nitrogens with two attached hydrogens (primary N) is 1. The van der Waals surface area contributed by atoms with Crippen molar-refractivity contribution in [2.24, 2.45) is 17.6 Å². The molecule has 1 aliphatic heterocycles. The van der Waals surface area contributed by atoms with Crippen LogP contribution in [0.2, 0.25) is 10.0 Å². The molecule has 1 saturated carbocycles. The molecule has 0 amide bonds. The Bertz CT molecular complexity index is 650. The molecule has 116 valence electrons. The normalized spacial score (nSPS) is 29.8. The molecule has 21 heavy (non-hydrogen) atoms. The van der Waals surface area contributed by atoms with Crippen molar-refractivity contribution < 1.29 is 8.42 Å². The number of hydrogen-bond acceptors (Lipinski definition) is 3. The minimum Gasteiger partial charge on any atom is -0.327 e. The van der Waals surface area contributed by atoms with E-state index in [0.29, 0.717) is 40.5 Å². The van der Waals surface area contributed by atoms with E-state index in [4.69, 9.17) is 28.9 Å². The first-order valence-electron chi connectivity index (χ1n) is 7.04. The first-order valence-corrected chi connectivity index (χ1v) is 9.40. The van der Waals surface area contributed by atoms with Crippen molar-refractivity contribution in [2.75, 3.05) is 13.1 Å². The van der Waals surface area contributed by atoms with Crippen LogP contribution in [0.1, 0.15) is 18.4 Å². The second kappa shape index (κ2) is 5.70. The molecule has 2 fully saturated rings. The first kappa shape index (κ1) is 15.6. The SMILES string of the molecule is NC1CCC2CN(S(=O)(=O)Cc3ccc(Cl)c(Cl)c3)CC12. The number of nitrogens with zero attached hydrogens (tertiary/aromatic N) is 1. The summed E-state index contributed by atoms with van der Waals surface area (Å²) in [7, 11) is -3.33. The maximum Gasteiger partial charge on any atom is 0.218 e. The molecule has 0 aromatic heterocycles. The summed E-state index contributed by atoms with van der Waals surface area (Å²) in [5.41, 5.74) is 6.72. The van der Waals surface area contributed by atoms with Crippen LogP contribution in [0.4, 0.5) is 0 Å². The smallest absolute Gasteiger partial charge is 0.218 e. The Balaban J connectivity index is 1.74. The molecule has 0 spiro atoms. The van der Waals surface area contributed by atoms with Gasteiger partial charge in [-0.25, -0.2) is 12.7 Å². The Morgan fingerprint density at radius 2 is 1.95 bits per heavy atom. The van der Waals surface area contributed by atoms with Gasteiger partial charge in [0, 0.05) is 19.1 Å². The second-order valence-electron chi connectivity index (χ2n) is 5.99. The molecule has 4 nitrogen and oxygen atoms in total. The highest BCUT2D eigenvalue weighted by molar-refractivity contribution is 7.88. The highest BCUT2D eigenvalue weighted by atomic mass is 35.5. The van der Waals surface area contributed by atoms with Crippen molar-refractivity contribution in [3.05, 3.63) is 33.8 Å². The molecule has 7 heteroatoms.